The first kappa shape index (κ1) is 15.7. The summed E-state index contributed by atoms with van der Waals surface area (Å²) in [5, 5.41) is 6.00. The molecule has 5 heteroatoms. The Balaban J connectivity index is 1.64. The monoisotopic (exact) mass is 318 g/mol. The van der Waals surface area contributed by atoms with Crippen LogP contribution in [0.3, 0.4) is 0 Å². The summed E-state index contributed by atoms with van der Waals surface area (Å²) in [5.41, 5.74) is 3.63. The van der Waals surface area contributed by atoms with Crippen LogP contribution in [0.4, 0.5) is 11.6 Å². The third kappa shape index (κ3) is 4.16. The van der Waals surface area contributed by atoms with Gasteiger partial charge in [0.1, 0.15) is 0 Å². The number of rotatable bonds is 5. The fourth-order valence-electron chi connectivity index (χ4n) is 2.22. The second-order valence-corrected chi connectivity index (χ2v) is 5.45. The van der Waals surface area contributed by atoms with Crippen molar-refractivity contribution in [3.8, 4) is 0 Å². The minimum absolute atomic E-state index is 0.117. The van der Waals surface area contributed by atoms with Gasteiger partial charge in [-0.25, -0.2) is 9.97 Å². The van der Waals surface area contributed by atoms with Crippen LogP contribution in [-0.4, -0.2) is 15.9 Å². The molecule has 5 nitrogen and oxygen atoms in total. The van der Waals surface area contributed by atoms with Crippen molar-refractivity contribution in [2.75, 3.05) is 5.32 Å². The normalized spacial score (nSPS) is 10.2. The van der Waals surface area contributed by atoms with Crippen LogP contribution < -0.4 is 10.6 Å². The van der Waals surface area contributed by atoms with E-state index in [4.69, 9.17) is 0 Å². The molecule has 1 heterocycles. The maximum atomic E-state index is 12.3. The summed E-state index contributed by atoms with van der Waals surface area (Å²) in [4.78, 5) is 20.5. The summed E-state index contributed by atoms with van der Waals surface area (Å²) in [6.45, 7) is 2.54. The van der Waals surface area contributed by atoms with Crippen LogP contribution >= 0.6 is 0 Å². The van der Waals surface area contributed by atoms with E-state index in [0.29, 0.717) is 18.1 Å². The van der Waals surface area contributed by atoms with E-state index in [1.807, 2.05) is 43.3 Å². The molecule has 1 amide bonds. The molecule has 0 saturated heterocycles. The van der Waals surface area contributed by atoms with Crippen LogP contribution in [0.15, 0.2) is 67.0 Å². The minimum atomic E-state index is -0.117. The van der Waals surface area contributed by atoms with E-state index < -0.39 is 0 Å². The zero-order valence-electron chi connectivity index (χ0n) is 13.4. The molecule has 0 unspecified atom stereocenters. The predicted molar refractivity (Wildman–Crippen MR) is 94.1 cm³/mol. The number of hydrogen-bond acceptors (Lipinski definition) is 4. The van der Waals surface area contributed by atoms with Crippen LogP contribution in [0.5, 0.6) is 0 Å². The van der Waals surface area contributed by atoms with E-state index in [1.54, 1.807) is 30.6 Å². The van der Waals surface area contributed by atoms with E-state index in [0.717, 1.165) is 11.3 Å². The third-order valence-electron chi connectivity index (χ3n) is 3.52. The Bertz CT molecular complexity index is 816. The standard InChI is InChI=1S/C19H18N4O/c1-14-6-8-15(9-7-14)13-22-18(24)16-4-2-5-17(12-16)23-19-20-10-3-11-21-19/h2-12H,13H2,1H3,(H,22,24)(H,20,21,23). The number of carbonyl (C=O) groups excluding carboxylic acids is 1. The molecule has 0 aliphatic rings. The van der Waals surface area contributed by atoms with Gasteiger partial charge in [-0.3, -0.25) is 4.79 Å². The van der Waals surface area contributed by atoms with Gasteiger partial charge in [0.25, 0.3) is 5.91 Å². The molecular weight excluding hydrogens is 300 g/mol. The quantitative estimate of drug-likeness (QED) is 0.756. The van der Waals surface area contributed by atoms with Crippen LogP contribution in [0.25, 0.3) is 0 Å². The summed E-state index contributed by atoms with van der Waals surface area (Å²) in [5.74, 6) is 0.378. The summed E-state index contributed by atoms with van der Waals surface area (Å²) in [7, 11) is 0. The van der Waals surface area contributed by atoms with Crippen LogP contribution in [0.2, 0.25) is 0 Å². The van der Waals surface area contributed by atoms with Gasteiger partial charge >= 0.3 is 0 Å². The molecule has 3 rings (SSSR count). The Kier molecular flexibility index (Phi) is 4.81. The molecule has 0 atom stereocenters. The highest BCUT2D eigenvalue weighted by Crippen LogP contribution is 2.14. The Morgan fingerprint density at radius 1 is 1.00 bits per heavy atom. The molecule has 24 heavy (non-hydrogen) atoms. The van der Waals surface area contributed by atoms with Crippen molar-refractivity contribution in [3.63, 3.8) is 0 Å². The number of benzene rings is 2. The summed E-state index contributed by atoms with van der Waals surface area (Å²) >= 11 is 0. The van der Waals surface area contributed by atoms with Gasteiger partial charge in [-0.15, -0.1) is 0 Å². The van der Waals surface area contributed by atoms with Gasteiger partial charge in [0.2, 0.25) is 5.95 Å². The summed E-state index contributed by atoms with van der Waals surface area (Å²) < 4.78 is 0. The Hall–Kier alpha value is -3.21. The lowest BCUT2D eigenvalue weighted by atomic mass is 10.1. The second-order valence-electron chi connectivity index (χ2n) is 5.45. The highest BCUT2D eigenvalue weighted by molar-refractivity contribution is 5.95. The molecule has 120 valence electrons. The zero-order valence-corrected chi connectivity index (χ0v) is 13.4. The van der Waals surface area contributed by atoms with Crippen molar-refractivity contribution < 1.29 is 4.79 Å². The average Bonchev–Trinajstić information content (AvgIpc) is 2.62. The van der Waals surface area contributed by atoms with Gasteiger partial charge in [-0.1, -0.05) is 35.9 Å². The average molecular weight is 318 g/mol. The maximum Gasteiger partial charge on any atom is 0.251 e. The van der Waals surface area contributed by atoms with Crippen molar-refractivity contribution in [1.82, 2.24) is 15.3 Å². The van der Waals surface area contributed by atoms with Crippen molar-refractivity contribution in [1.29, 1.82) is 0 Å². The SMILES string of the molecule is Cc1ccc(CNC(=O)c2cccc(Nc3ncccn3)c2)cc1. The summed E-state index contributed by atoms with van der Waals surface area (Å²) in [6, 6.07) is 17.1. The van der Waals surface area contributed by atoms with E-state index in [1.165, 1.54) is 5.56 Å². The van der Waals surface area contributed by atoms with Crippen molar-refractivity contribution in [3.05, 3.63) is 83.7 Å². The van der Waals surface area contributed by atoms with E-state index in [9.17, 15) is 4.79 Å². The van der Waals surface area contributed by atoms with E-state index in [-0.39, 0.29) is 5.91 Å². The highest BCUT2D eigenvalue weighted by Gasteiger charge is 2.06. The minimum Gasteiger partial charge on any atom is -0.348 e. The van der Waals surface area contributed by atoms with Crippen LogP contribution in [0, 0.1) is 6.92 Å². The molecule has 0 fully saturated rings. The Morgan fingerprint density at radius 2 is 1.75 bits per heavy atom. The van der Waals surface area contributed by atoms with Crippen LogP contribution in [0.1, 0.15) is 21.5 Å². The first-order chi connectivity index (χ1) is 11.7. The largest absolute Gasteiger partial charge is 0.348 e. The van der Waals surface area contributed by atoms with Crippen molar-refractivity contribution >= 4 is 17.5 Å². The van der Waals surface area contributed by atoms with Crippen molar-refractivity contribution in [2.45, 2.75) is 13.5 Å². The molecule has 3 aromatic rings. The zero-order chi connectivity index (χ0) is 16.8. The second kappa shape index (κ2) is 7.37. The van der Waals surface area contributed by atoms with Gasteiger partial charge in [0.15, 0.2) is 0 Å². The van der Waals surface area contributed by atoms with Gasteiger partial charge in [-0.05, 0) is 36.8 Å². The number of amides is 1. The molecule has 0 radical (unpaired) electrons. The first-order valence-electron chi connectivity index (χ1n) is 7.68. The Labute approximate surface area is 140 Å². The third-order valence-corrected chi connectivity index (χ3v) is 3.52. The molecule has 0 spiro atoms. The molecule has 2 aromatic carbocycles. The Morgan fingerprint density at radius 3 is 2.50 bits per heavy atom. The number of aryl methyl sites for hydroxylation is 1. The number of nitrogens with zero attached hydrogens (tertiary/aromatic N) is 2. The van der Waals surface area contributed by atoms with Gasteiger partial charge in [0, 0.05) is 30.2 Å². The molecule has 0 bridgehead atoms. The predicted octanol–water partition coefficient (Wildman–Crippen LogP) is 3.46. The number of nitrogens with one attached hydrogen (secondary N) is 2. The lowest BCUT2D eigenvalue weighted by Crippen LogP contribution is -2.22. The molecule has 2 N–H and O–H groups in total. The highest BCUT2D eigenvalue weighted by atomic mass is 16.1. The van der Waals surface area contributed by atoms with Crippen LogP contribution in [-0.2, 0) is 6.54 Å². The van der Waals surface area contributed by atoms with E-state index >= 15 is 0 Å². The van der Waals surface area contributed by atoms with Gasteiger partial charge in [-0.2, -0.15) is 0 Å². The number of hydrogen-bond donors (Lipinski definition) is 2. The van der Waals surface area contributed by atoms with Crippen molar-refractivity contribution in [2.24, 2.45) is 0 Å². The number of carbonyl (C=O) groups is 1. The molecular formula is C19H18N4O. The number of aromatic nitrogens is 2. The number of anilines is 2. The molecule has 0 aliphatic carbocycles. The molecule has 1 aromatic heterocycles. The fraction of sp³-hybridized carbons (Fsp3) is 0.105. The topological polar surface area (TPSA) is 66.9 Å². The smallest absolute Gasteiger partial charge is 0.251 e. The maximum absolute atomic E-state index is 12.3. The van der Waals surface area contributed by atoms with Gasteiger partial charge < -0.3 is 10.6 Å². The fourth-order valence-corrected chi connectivity index (χ4v) is 2.22. The van der Waals surface area contributed by atoms with E-state index in [2.05, 4.69) is 20.6 Å². The lowest BCUT2D eigenvalue weighted by Gasteiger charge is -2.08. The first-order valence-corrected chi connectivity index (χ1v) is 7.68. The molecule has 0 aliphatic heterocycles. The summed E-state index contributed by atoms with van der Waals surface area (Å²) in [6.07, 6.45) is 3.32. The van der Waals surface area contributed by atoms with Gasteiger partial charge in [0.05, 0.1) is 0 Å². The lowest BCUT2D eigenvalue weighted by molar-refractivity contribution is 0.0951. The molecule has 0 saturated carbocycles.